The van der Waals surface area contributed by atoms with Crippen molar-refractivity contribution in [2.24, 2.45) is 5.92 Å². The van der Waals surface area contributed by atoms with Crippen LogP contribution in [0.25, 0.3) is 15.7 Å². The van der Waals surface area contributed by atoms with Gasteiger partial charge in [0.25, 0.3) is 0 Å². The molecule has 0 aliphatic carbocycles. The number of alkyl halides is 3. The Morgan fingerprint density at radius 3 is 2.86 bits per heavy atom. The van der Waals surface area contributed by atoms with Crippen molar-refractivity contribution in [3.05, 3.63) is 17.6 Å². The van der Waals surface area contributed by atoms with Gasteiger partial charge in [-0.1, -0.05) is 25.2 Å². The molecule has 0 unspecified atom stereocenters. The topological polar surface area (TPSA) is 71.8 Å². The number of halogens is 3. The van der Waals surface area contributed by atoms with Crippen molar-refractivity contribution in [3.63, 3.8) is 0 Å². The summed E-state index contributed by atoms with van der Waals surface area (Å²) in [6, 6.07) is 1.85. The summed E-state index contributed by atoms with van der Waals surface area (Å²) in [4.78, 5) is 0.244. The smallest absolute Gasteiger partial charge is 0.282 e. The molecule has 0 atom stereocenters. The lowest BCUT2D eigenvalue weighted by Crippen LogP contribution is -2.10. The van der Waals surface area contributed by atoms with Gasteiger partial charge in [-0.05, 0) is 30.0 Å². The highest BCUT2D eigenvalue weighted by atomic mass is 35.5. The second kappa shape index (κ2) is 4.99. The van der Waals surface area contributed by atoms with Gasteiger partial charge >= 0.3 is 5.38 Å². The lowest BCUT2D eigenvalue weighted by Gasteiger charge is -2.01. The third kappa shape index (κ3) is 2.75. The van der Waals surface area contributed by atoms with Crippen LogP contribution in [0.5, 0.6) is 0 Å². The fourth-order valence-corrected chi connectivity index (χ4v) is 2.83. The first-order chi connectivity index (χ1) is 9.84. The van der Waals surface area contributed by atoms with Crippen molar-refractivity contribution in [1.29, 1.82) is 0 Å². The van der Waals surface area contributed by atoms with Gasteiger partial charge in [-0.15, -0.1) is 10.2 Å². The van der Waals surface area contributed by atoms with Gasteiger partial charge in [-0.25, -0.2) is 0 Å². The van der Waals surface area contributed by atoms with Gasteiger partial charge in [0.05, 0.1) is 0 Å². The molecule has 3 aromatic rings. The van der Waals surface area contributed by atoms with Crippen LogP contribution in [0.1, 0.15) is 25.4 Å². The molecule has 0 radical (unpaired) electrons. The highest BCUT2D eigenvalue weighted by molar-refractivity contribution is 7.19. The Morgan fingerprint density at radius 2 is 2.19 bits per heavy atom. The zero-order valence-electron chi connectivity index (χ0n) is 11.1. The molecule has 0 aliphatic rings. The van der Waals surface area contributed by atoms with Crippen molar-refractivity contribution in [1.82, 2.24) is 30.0 Å². The minimum absolute atomic E-state index is 0.244. The van der Waals surface area contributed by atoms with Crippen LogP contribution in [-0.4, -0.2) is 30.0 Å². The number of nitrogens with one attached hydrogen (secondary N) is 1. The second-order valence-electron chi connectivity index (χ2n) is 5.00. The van der Waals surface area contributed by atoms with Crippen molar-refractivity contribution in [2.45, 2.75) is 25.7 Å². The van der Waals surface area contributed by atoms with Crippen LogP contribution in [0.15, 0.2) is 6.07 Å². The summed E-state index contributed by atoms with van der Waals surface area (Å²) in [5, 5.41) is 15.0. The molecule has 3 aromatic heterocycles. The predicted molar refractivity (Wildman–Crippen MR) is 74.5 cm³/mol. The molecule has 0 aliphatic heterocycles. The first-order valence-corrected chi connectivity index (χ1v) is 7.38. The molecule has 1 N–H and O–H groups in total. The maximum atomic E-state index is 13.2. The van der Waals surface area contributed by atoms with E-state index in [2.05, 4.69) is 39.3 Å². The summed E-state index contributed by atoms with van der Waals surface area (Å²) in [6.07, 6.45) is 0.849. The lowest BCUT2D eigenvalue weighted by atomic mass is 10.1. The molecule has 0 bridgehead atoms. The Bertz CT molecular complexity index is 771. The largest absolute Gasteiger partial charge is 0.383 e. The maximum Gasteiger partial charge on any atom is 0.383 e. The van der Waals surface area contributed by atoms with E-state index < -0.39 is 11.2 Å². The Hall–Kier alpha value is -1.61. The van der Waals surface area contributed by atoms with Crippen molar-refractivity contribution in [3.8, 4) is 10.7 Å². The lowest BCUT2D eigenvalue weighted by molar-refractivity contribution is 0.0821. The minimum Gasteiger partial charge on any atom is -0.282 e. The third-order valence-corrected chi connectivity index (χ3v) is 3.81. The summed E-state index contributed by atoms with van der Waals surface area (Å²) in [5.74, 6) is -0.211. The minimum atomic E-state index is -3.61. The van der Waals surface area contributed by atoms with E-state index >= 15 is 0 Å². The van der Waals surface area contributed by atoms with Crippen LogP contribution in [0, 0.1) is 5.92 Å². The first kappa shape index (κ1) is 14.3. The van der Waals surface area contributed by atoms with Gasteiger partial charge in [-0.2, -0.15) is 23.5 Å². The van der Waals surface area contributed by atoms with E-state index in [1.54, 1.807) is 0 Å². The van der Waals surface area contributed by atoms with Crippen molar-refractivity contribution >= 4 is 27.9 Å². The summed E-state index contributed by atoms with van der Waals surface area (Å²) in [6.45, 7) is 4.19. The monoisotopic (exact) mass is 332 g/mol. The van der Waals surface area contributed by atoms with Crippen LogP contribution in [0.4, 0.5) is 8.78 Å². The van der Waals surface area contributed by atoms with Crippen LogP contribution in [0.2, 0.25) is 0 Å². The predicted octanol–water partition coefficient (Wildman–Crippen LogP) is 3.06. The van der Waals surface area contributed by atoms with Crippen molar-refractivity contribution in [2.75, 3.05) is 0 Å². The molecule has 112 valence electrons. The molecular formula is C11H11ClF2N6S. The van der Waals surface area contributed by atoms with Crippen molar-refractivity contribution < 1.29 is 8.78 Å². The van der Waals surface area contributed by atoms with Gasteiger partial charge < -0.3 is 0 Å². The molecule has 21 heavy (non-hydrogen) atoms. The molecular weight excluding hydrogens is 322 g/mol. The molecule has 3 heterocycles. The first-order valence-electron chi connectivity index (χ1n) is 6.18. The molecule has 0 amide bonds. The Kier molecular flexibility index (Phi) is 3.40. The van der Waals surface area contributed by atoms with E-state index in [9.17, 15) is 8.78 Å². The molecule has 0 saturated carbocycles. The van der Waals surface area contributed by atoms with E-state index in [1.807, 2.05) is 6.07 Å². The SMILES string of the molecule is CC(C)Cc1cc(-c2nn3c(C(F)(F)Cl)nnc3s2)n[nH]1. The number of aromatic nitrogens is 6. The molecule has 10 heteroatoms. The third-order valence-electron chi connectivity index (χ3n) is 2.72. The van der Waals surface area contributed by atoms with E-state index in [4.69, 9.17) is 11.6 Å². The second-order valence-corrected chi connectivity index (χ2v) is 6.43. The highest BCUT2D eigenvalue weighted by Gasteiger charge is 2.35. The fraction of sp³-hybridized carbons (Fsp3) is 0.455. The normalized spacial score (nSPS) is 12.7. The van der Waals surface area contributed by atoms with Gasteiger partial charge in [0.2, 0.25) is 10.8 Å². The molecule has 0 spiro atoms. The van der Waals surface area contributed by atoms with E-state index in [0.717, 1.165) is 28.0 Å². The number of fused-ring (bicyclic) bond motifs is 1. The maximum absolute atomic E-state index is 13.2. The average Bonchev–Trinajstić information content (AvgIpc) is 2.97. The highest BCUT2D eigenvalue weighted by Crippen LogP contribution is 2.33. The number of hydrogen-bond donors (Lipinski definition) is 1. The average molecular weight is 333 g/mol. The zero-order valence-corrected chi connectivity index (χ0v) is 12.7. The molecule has 0 saturated heterocycles. The molecule has 0 fully saturated rings. The summed E-state index contributed by atoms with van der Waals surface area (Å²) in [7, 11) is 0. The molecule has 3 rings (SSSR count). The Balaban J connectivity index is 1.98. The standard InChI is InChI=1S/C11H11ClF2N6S/c1-5(2)3-6-4-7(16-15-6)8-19-20-9(11(12,13)14)17-18-10(20)21-8/h4-5H,3H2,1-2H3,(H,15,16). The van der Waals surface area contributed by atoms with Crippen LogP contribution < -0.4 is 0 Å². The van der Waals surface area contributed by atoms with Gasteiger partial charge in [0, 0.05) is 5.69 Å². The van der Waals surface area contributed by atoms with E-state index in [1.165, 1.54) is 0 Å². The number of H-pyrrole nitrogens is 1. The van der Waals surface area contributed by atoms with Gasteiger partial charge in [0.1, 0.15) is 5.69 Å². The van der Waals surface area contributed by atoms with Gasteiger partial charge in [-0.3, -0.25) is 5.10 Å². The Labute approximate surface area is 127 Å². The fourth-order valence-electron chi connectivity index (χ4n) is 1.91. The Morgan fingerprint density at radius 1 is 1.43 bits per heavy atom. The van der Waals surface area contributed by atoms with Gasteiger partial charge in [0.15, 0.2) is 5.01 Å². The number of aromatic amines is 1. The van der Waals surface area contributed by atoms with Crippen LogP contribution in [0.3, 0.4) is 0 Å². The molecule has 6 nitrogen and oxygen atoms in total. The van der Waals surface area contributed by atoms with Crippen LogP contribution in [-0.2, 0) is 11.8 Å². The molecule has 0 aromatic carbocycles. The number of rotatable bonds is 4. The summed E-state index contributed by atoms with van der Waals surface area (Å²) < 4.78 is 27.3. The summed E-state index contributed by atoms with van der Waals surface area (Å²) in [5.41, 5.74) is 1.55. The zero-order chi connectivity index (χ0) is 15.2. The van der Waals surface area contributed by atoms with E-state index in [-0.39, 0.29) is 4.96 Å². The van der Waals surface area contributed by atoms with E-state index in [0.29, 0.717) is 16.6 Å². The van der Waals surface area contributed by atoms with Crippen LogP contribution >= 0.6 is 22.9 Å². The summed E-state index contributed by atoms with van der Waals surface area (Å²) >= 11 is 6.11. The number of nitrogens with zero attached hydrogens (tertiary/aromatic N) is 5. The quantitative estimate of drug-likeness (QED) is 0.745. The number of hydrogen-bond acceptors (Lipinski definition) is 5.